The van der Waals surface area contributed by atoms with Gasteiger partial charge in [-0.2, -0.15) is 0 Å². The van der Waals surface area contributed by atoms with E-state index in [-0.39, 0.29) is 45.6 Å². The molecule has 0 spiro atoms. The van der Waals surface area contributed by atoms with E-state index >= 15 is 0 Å². The van der Waals surface area contributed by atoms with Crippen molar-refractivity contribution in [1.29, 1.82) is 0 Å². The molecule has 16 heteroatoms. The zero-order chi connectivity index (χ0) is 37.2. The summed E-state index contributed by atoms with van der Waals surface area (Å²) in [4.78, 5) is 53.6. The smallest absolute Gasteiger partial charge is 0.237 e. The normalized spacial score (nSPS) is 10.6. The van der Waals surface area contributed by atoms with Crippen LogP contribution in [0.25, 0.3) is 11.1 Å². The van der Waals surface area contributed by atoms with Crippen molar-refractivity contribution in [2.75, 3.05) is 42.7 Å². The van der Waals surface area contributed by atoms with Crippen molar-refractivity contribution in [2.45, 2.75) is 0 Å². The van der Waals surface area contributed by atoms with Gasteiger partial charge in [0.2, 0.25) is 46.1 Å². The molecule has 50 heavy (non-hydrogen) atoms. The molecule has 0 amide bonds. The van der Waals surface area contributed by atoms with Gasteiger partial charge in [-0.05, 0) is 36.4 Å². The van der Waals surface area contributed by atoms with E-state index in [4.69, 9.17) is 28.4 Å². The van der Waals surface area contributed by atoms with E-state index in [1.165, 1.54) is 42.7 Å². The summed E-state index contributed by atoms with van der Waals surface area (Å²) in [5, 5.41) is 63.8. The Morgan fingerprint density at radius 1 is 0.380 bits per heavy atom. The SMILES string of the molecule is COc1cc(C(=O)C(=O)c2cc(-c3cc(C(=O)C(=O)c4cc(OC)c(OC)c(OC)c4)c(O)c(O)c3O)c(O)c(O)c2O)cc(OC)c1OC. The Kier molecular flexibility index (Phi) is 10.2. The van der Waals surface area contributed by atoms with Gasteiger partial charge < -0.3 is 59.1 Å². The summed E-state index contributed by atoms with van der Waals surface area (Å²) in [6.07, 6.45) is 0. The average Bonchev–Trinajstić information content (AvgIpc) is 3.13. The first kappa shape index (κ1) is 36.0. The lowest BCUT2D eigenvalue weighted by molar-refractivity contribution is 0.0814. The first-order chi connectivity index (χ1) is 23.7. The number of hydrogen-bond acceptors (Lipinski definition) is 16. The summed E-state index contributed by atoms with van der Waals surface area (Å²) in [5.74, 6) is -12.7. The topological polar surface area (TPSA) is 245 Å². The molecular weight excluding hydrogens is 664 g/mol. The number of ketones is 4. The monoisotopic (exact) mass is 694 g/mol. The lowest BCUT2D eigenvalue weighted by Crippen LogP contribution is -2.16. The number of benzene rings is 4. The molecule has 0 fully saturated rings. The van der Waals surface area contributed by atoms with Crippen molar-refractivity contribution >= 4 is 23.1 Å². The van der Waals surface area contributed by atoms with Gasteiger partial charge in [0.05, 0.1) is 53.8 Å². The molecule has 6 N–H and O–H groups in total. The van der Waals surface area contributed by atoms with Crippen LogP contribution < -0.4 is 28.4 Å². The second-order valence-corrected chi connectivity index (χ2v) is 10.2. The zero-order valence-electron chi connectivity index (χ0n) is 27.2. The van der Waals surface area contributed by atoms with Crippen LogP contribution in [0.4, 0.5) is 0 Å². The quantitative estimate of drug-likeness (QED) is 0.0662. The number of ether oxygens (including phenoxy) is 6. The Labute approximate surface area is 282 Å². The predicted octanol–water partition coefficient (Wildman–Crippen LogP) is 3.77. The lowest BCUT2D eigenvalue weighted by atomic mass is 9.91. The van der Waals surface area contributed by atoms with E-state index in [0.29, 0.717) is 12.1 Å². The molecule has 262 valence electrons. The van der Waals surface area contributed by atoms with Gasteiger partial charge in [0.15, 0.2) is 46.0 Å². The third kappa shape index (κ3) is 6.00. The van der Waals surface area contributed by atoms with E-state index in [9.17, 15) is 49.8 Å². The maximum Gasteiger partial charge on any atom is 0.237 e. The highest BCUT2D eigenvalue weighted by Gasteiger charge is 2.32. The summed E-state index contributed by atoms with van der Waals surface area (Å²) in [6, 6.07) is 5.92. The van der Waals surface area contributed by atoms with Crippen LogP contribution in [-0.2, 0) is 0 Å². The molecule has 4 rings (SSSR count). The second-order valence-electron chi connectivity index (χ2n) is 10.2. The molecule has 0 saturated heterocycles. The Morgan fingerprint density at radius 2 is 0.660 bits per heavy atom. The lowest BCUT2D eigenvalue weighted by Gasteiger charge is -2.16. The Balaban J connectivity index is 1.86. The molecule has 0 aliphatic carbocycles. The van der Waals surface area contributed by atoms with Crippen molar-refractivity contribution in [2.24, 2.45) is 0 Å². The third-order valence-electron chi connectivity index (χ3n) is 7.54. The molecular formula is C34H30O16. The van der Waals surface area contributed by atoms with Gasteiger partial charge in [0, 0.05) is 22.3 Å². The first-order valence-corrected chi connectivity index (χ1v) is 14.0. The third-order valence-corrected chi connectivity index (χ3v) is 7.54. The number of rotatable bonds is 13. The summed E-state index contributed by atoms with van der Waals surface area (Å²) in [7, 11) is 7.68. The number of phenolic OH excluding ortho intramolecular Hbond substituents is 6. The number of methoxy groups -OCH3 is 6. The Hall–Kier alpha value is -6.84. The summed E-state index contributed by atoms with van der Waals surface area (Å²) < 4.78 is 31.2. The van der Waals surface area contributed by atoms with Crippen LogP contribution >= 0.6 is 0 Å². The van der Waals surface area contributed by atoms with Crippen LogP contribution in [0.15, 0.2) is 36.4 Å². The van der Waals surface area contributed by atoms with Gasteiger partial charge in [0.1, 0.15) is 0 Å². The van der Waals surface area contributed by atoms with Crippen molar-refractivity contribution in [3.63, 3.8) is 0 Å². The molecule has 0 radical (unpaired) electrons. The fourth-order valence-corrected chi connectivity index (χ4v) is 4.98. The van der Waals surface area contributed by atoms with Crippen LogP contribution in [0, 0.1) is 0 Å². The molecule has 0 aliphatic rings. The van der Waals surface area contributed by atoms with E-state index in [0.717, 1.165) is 24.3 Å². The van der Waals surface area contributed by atoms with Crippen LogP contribution in [0.2, 0.25) is 0 Å². The predicted molar refractivity (Wildman–Crippen MR) is 171 cm³/mol. The van der Waals surface area contributed by atoms with Gasteiger partial charge in [-0.25, -0.2) is 0 Å². The van der Waals surface area contributed by atoms with E-state index < -0.39 is 79.9 Å². The molecule has 16 nitrogen and oxygen atoms in total. The zero-order valence-corrected chi connectivity index (χ0v) is 27.2. The van der Waals surface area contributed by atoms with Crippen molar-refractivity contribution in [3.05, 3.63) is 58.7 Å². The summed E-state index contributed by atoms with van der Waals surface area (Å²) in [5.41, 5.74) is -3.85. The Bertz CT molecular complexity index is 1870. The van der Waals surface area contributed by atoms with Gasteiger partial charge in [0.25, 0.3) is 0 Å². The number of Topliss-reactive ketones (excluding diaryl/α,β-unsaturated/α-hetero) is 4. The largest absolute Gasteiger partial charge is 0.504 e. The van der Waals surface area contributed by atoms with Crippen molar-refractivity contribution < 1.29 is 78.2 Å². The highest BCUT2D eigenvalue weighted by atomic mass is 16.5. The Morgan fingerprint density at radius 3 is 0.900 bits per heavy atom. The number of carbonyl (C=O) groups is 4. The molecule has 0 unspecified atom stereocenters. The first-order valence-electron chi connectivity index (χ1n) is 14.0. The number of aromatic hydroxyl groups is 6. The minimum atomic E-state index is -1.44. The van der Waals surface area contributed by atoms with Crippen molar-refractivity contribution in [3.8, 4) is 80.1 Å². The minimum absolute atomic E-state index is 0.00391. The molecule has 0 bridgehead atoms. The van der Waals surface area contributed by atoms with Gasteiger partial charge in [-0.3, -0.25) is 19.2 Å². The maximum absolute atomic E-state index is 13.4. The van der Waals surface area contributed by atoms with Crippen LogP contribution in [0.3, 0.4) is 0 Å². The van der Waals surface area contributed by atoms with Gasteiger partial charge >= 0.3 is 0 Å². The van der Waals surface area contributed by atoms with E-state index in [2.05, 4.69) is 0 Å². The maximum atomic E-state index is 13.4. The fraction of sp³-hybridized carbons (Fsp3) is 0.176. The van der Waals surface area contributed by atoms with E-state index in [1.807, 2.05) is 0 Å². The molecule has 4 aromatic carbocycles. The van der Waals surface area contributed by atoms with Crippen LogP contribution in [0.1, 0.15) is 41.4 Å². The molecule has 0 heterocycles. The highest BCUT2D eigenvalue weighted by Crippen LogP contribution is 2.52. The number of phenols is 6. The fourth-order valence-electron chi connectivity index (χ4n) is 4.98. The van der Waals surface area contributed by atoms with Crippen molar-refractivity contribution in [1.82, 2.24) is 0 Å². The number of carbonyl (C=O) groups excluding carboxylic acids is 4. The van der Waals surface area contributed by atoms with Gasteiger partial charge in [-0.1, -0.05) is 0 Å². The second kappa shape index (κ2) is 14.1. The van der Waals surface area contributed by atoms with Crippen LogP contribution in [-0.4, -0.2) is 96.4 Å². The average molecular weight is 695 g/mol. The summed E-state index contributed by atoms with van der Waals surface area (Å²) >= 11 is 0. The molecule has 0 aromatic heterocycles. The minimum Gasteiger partial charge on any atom is -0.504 e. The standard InChI is InChI=1S/C34H30O16/c1-45-19-7-13(8-20(46-2)33(19)49-5)23(35)27(39)17-11-15(25(37)31(43)29(17)41)16-12-18(30(42)32(44)26(16)38)28(40)24(36)14-9-21(47-3)34(50-6)22(10-14)48-4/h7-12,37-38,41-44H,1-6H3. The summed E-state index contributed by atoms with van der Waals surface area (Å²) in [6.45, 7) is 0. The van der Waals surface area contributed by atoms with Crippen LogP contribution in [0.5, 0.6) is 69.0 Å². The molecule has 0 atom stereocenters. The highest BCUT2D eigenvalue weighted by molar-refractivity contribution is 6.50. The molecule has 0 aliphatic heterocycles. The molecule has 4 aromatic rings. The van der Waals surface area contributed by atoms with E-state index in [1.54, 1.807) is 0 Å². The number of hydrogen-bond donors (Lipinski definition) is 6. The molecule has 0 saturated carbocycles. The van der Waals surface area contributed by atoms with Gasteiger partial charge in [-0.15, -0.1) is 0 Å².